The Morgan fingerprint density at radius 1 is 1.03 bits per heavy atom. The van der Waals surface area contributed by atoms with Gasteiger partial charge in [0.05, 0.1) is 22.3 Å². The number of para-hydroxylation sites is 1. The number of hydrogen-bond donors (Lipinski definition) is 1. The Hall–Kier alpha value is -3.84. The number of azo groups is 1. The van der Waals surface area contributed by atoms with E-state index in [0.717, 1.165) is 26.5 Å². The number of aryl methyl sites for hydroxylation is 1. The Balaban J connectivity index is 1.61. The monoisotopic (exact) mass is 540 g/mol. The zero-order chi connectivity index (χ0) is 25.4. The van der Waals surface area contributed by atoms with Crippen LogP contribution in [0.2, 0.25) is 0 Å². The first kappa shape index (κ1) is 23.9. The van der Waals surface area contributed by atoms with Crippen molar-refractivity contribution in [3.8, 4) is 17.1 Å². The Bertz CT molecular complexity index is 1640. The van der Waals surface area contributed by atoms with Crippen LogP contribution in [0.1, 0.15) is 29.8 Å². The number of carbonyl (C=O) groups is 1. The zero-order valence-electron chi connectivity index (χ0n) is 20.2. The second-order valence-electron chi connectivity index (χ2n) is 9.28. The molecule has 0 atom stereocenters. The molecule has 2 aromatic heterocycles. The van der Waals surface area contributed by atoms with Crippen molar-refractivity contribution in [1.82, 2.24) is 9.55 Å². The van der Waals surface area contributed by atoms with Gasteiger partial charge in [0.1, 0.15) is 0 Å². The molecule has 5 aromatic rings. The molecule has 0 fully saturated rings. The summed E-state index contributed by atoms with van der Waals surface area (Å²) >= 11 is 3.46. The fourth-order valence-electron chi connectivity index (χ4n) is 4.35. The summed E-state index contributed by atoms with van der Waals surface area (Å²) in [6.45, 7) is 6.76. The van der Waals surface area contributed by atoms with Crippen LogP contribution in [0, 0.1) is 12.8 Å². The summed E-state index contributed by atoms with van der Waals surface area (Å²) in [5, 5.41) is 20.7. The van der Waals surface area contributed by atoms with Crippen molar-refractivity contribution >= 4 is 49.3 Å². The van der Waals surface area contributed by atoms with E-state index in [4.69, 9.17) is 4.98 Å². The van der Waals surface area contributed by atoms with Gasteiger partial charge in [-0.15, -0.1) is 10.2 Å². The van der Waals surface area contributed by atoms with Gasteiger partial charge in [0.2, 0.25) is 5.88 Å². The minimum atomic E-state index is -0.494. The van der Waals surface area contributed by atoms with E-state index in [9.17, 15) is 9.90 Å². The molecule has 0 spiro atoms. The topological polar surface area (TPSA) is 79.8 Å². The van der Waals surface area contributed by atoms with Gasteiger partial charge < -0.3 is 9.67 Å². The second kappa shape index (κ2) is 9.66. The smallest absolute Gasteiger partial charge is 0.296 e. The van der Waals surface area contributed by atoms with E-state index in [1.54, 1.807) is 6.07 Å². The van der Waals surface area contributed by atoms with E-state index in [1.165, 1.54) is 0 Å². The molecule has 36 heavy (non-hydrogen) atoms. The van der Waals surface area contributed by atoms with Crippen molar-refractivity contribution in [1.29, 1.82) is 0 Å². The summed E-state index contributed by atoms with van der Waals surface area (Å²) in [6, 6.07) is 22.9. The molecule has 1 N–H and O–H groups in total. The molecule has 0 bridgehead atoms. The van der Waals surface area contributed by atoms with Gasteiger partial charge in [-0.3, -0.25) is 4.79 Å². The minimum Gasteiger partial charge on any atom is -0.493 e. The highest BCUT2D eigenvalue weighted by molar-refractivity contribution is 9.10. The lowest BCUT2D eigenvalue weighted by molar-refractivity contribution is 0.0996. The SMILES string of the molecule is Cc1ccc2nc(-c3ccc(Br)cc3)cc(C(=O)N=Nc3c(O)n(CC(C)C)c4ccccc34)c2c1. The summed E-state index contributed by atoms with van der Waals surface area (Å²) in [6.07, 6.45) is 0. The highest BCUT2D eigenvalue weighted by atomic mass is 79.9. The third-order valence-electron chi connectivity index (χ3n) is 6.04. The molecule has 1 amide bonds. The van der Waals surface area contributed by atoms with E-state index >= 15 is 0 Å². The average Bonchev–Trinajstić information content (AvgIpc) is 3.12. The normalized spacial score (nSPS) is 11.8. The van der Waals surface area contributed by atoms with Gasteiger partial charge in [-0.1, -0.05) is 71.7 Å². The maximum Gasteiger partial charge on any atom is 0.296 e. The molecule has 0 saturated heterocycles. The largest absolute Gasteiger partial charge is 0.493 e. The van der Waals surface area contributed by atoms with Crippen molar-refractivity contribution in [2.24, 2.45) is 16.1 Å². The number of rotatable bonds is 5. The quantitative estimate of drug-likeness (QED) is 0.228. The molecule has 0 radical (unpaired) electrons. The van der Waals surface area contributed by atoms with Gasteiger partial charge >= 0.3 is 0 Å². The van der Waals surface area contributed by atoms with Gasteiger partial charge in [0, 0.05) is 27.4 Å². The molecular weight excluding hydrogens is 516 g/mol. The number of aromatic nitrogens is 2. The fourth-order valence-corrected chi connectivity index (χ4v) is 4.62. The summed E-state index contributed by atoms with van der Waals surface area (Å²) < 4.78 is 2.78. The Morgan fingerprint density at radius 2 is 1.78 bits per heavy atom. The number of hydrogen-bond acceptors (Lipinski definition) is 4. The van der Waals surface area contributed by atoms with Crippen molar-refractivity contribution in [3.63, 3.8) is 0 Å². The van der Waals surface area contributed by atoms with Crippen LogP contribution in [-0.4, -0.2) is 20.6 Å². The lowest BCUT2D eigenvalue weighted by Gasteiger charge is -2.09. The van der Waals surface area contributed by atoms with E-state index < -0.39 is 5.91 Å². The van der Waals surface area contributed by atoms with Crippen LogP contribution in [0.4, 0.5) is 5.69 Å². The number of aromatic hydroxyl groups is 1. The van der Waals surface area contributed by atoms with Crippen molar-refractivity contribution in [2.75, 3.05) is 0 Å². The van der Waals surface area contributed by atoms with Crippen LogP contribution in [0.3, 0.4) is 0 Å². The van der Waals surface area contributed by atoms with Gasteiger partial charge in [-0.05, 0) is 49.2 Å². The summed E-state index contributed by atoms with van der Waals surface area (Å²) in [4.78, 5) is 18.2. The van der Waals surface area contributed by atoms with Crippen molar-refractivity contribution < 1.29 is 9.90 Å². The molecule has 6 nitrogen and oxygen atoms in total. The molecule has 180 valence electrons. The van der Waals surface area contributed by atoms with Crippen LogP contribution >= 0.6 is 15.9 Å². The summed E-state index contributed by atoms with van der Waals surface area (Å²) in [7, 11) is 0. The van der Waals surface area contributed by atoms with Gasteiger partial charge in [0.15, 0.2) is 5.69 Å². The minimum absolute atomic E-state index is 0.00688. The molecule has 5 rings (SSSR count). The van der Waals surface area contributed by atoms with Crippen molar-refractivity contribution in [3.05, 3.63) is 88.4 Å². The molecular formula is C29H25BrN4O2. The van der Waals surface area contributed by atoms with Gasteiger partial charge in [-0.2, -0.15) is 0 Å². The molecule has 0 unspecified atom stereocenters. The number of fused-ring (bicyclic) bond motifs is 2. The third-order valence-corrected chi connectivity index (χ3v) is 6.57. The molecule has 0 aliphatic rings. The third kappa shape index (κ3) is 4.54. The Kier molecular flexibility index (Phi) is 6.41. The van der Waals surface area contributed by atoms with E-state index in [-0.39, 0.29) is 5.88 Å². The maximum atomic E-state index is 13.4. The second-order valence-corrected chi connectivity index (χ2v) is 10.2. The Labute approximate surface area is 217 Å². The first-order chi connectivity index (χ1) is 17.3. The molecule has 0 saturated carbocycles. The molecule has 0 aliphatic heterocycles. The number of benzene rings is 3. The lowest BCUT2D eigenvalue weighted by atomic mass is 10.0. The molecule has 7 heteroatoms. The molecule has 3 aromatic carbocycles. The van der Waals surface area contributed by atoms with Crippen molar-refractivity contribution in [2.45, 2.75) is 27.3 Å². The first-order valence-electron chi connectivity index (χ1n) is 11.8. The molecule has 0 aliphatic carbocycles. The van der Waals surface area contributed by atoms with Crippen LogP contribution in [-0.2, 0) is 6.54 Å². The number of nitrogens with zero attached hydrogens (tertiary/aromatic N) is 4. The van der Waals surface area contributed by atoms with Crippen LogP contribution in [0.15, 0.2) is 87.5 Å². The lowest BCUT2D eigenvalue weighted by Crippen LogP contribution is -2.03. The van der Waals surface area contributed by atoms with Crippen LogP contribution in [0.5, 0.6) is 5.88 Å². The predicted molar refractivity (Wildman–Crippen MR) is 147 cm³/mol. The van der Waals surface area contributed by atoms with E-state index in [0.29, 0.717) is 40.3 Å². The number of carbonyl (C=O) groups excluding carboxylic acids is 1. The summed E-state index contributed by atoms with van der Waals surface area (Å²) in [5.41, 5.74) is 4.84. The standard InChI is InChI=1S/C29H25BrN4O2/c1-17(2)16-34-26-7-5-4-6-21(26)27(29(34)36)32-33-28(35)23-15-25(19-9-11-20(30)12-10-19)31-24-13-8-18(3)14-22(23)24/h4-15,17,36H,16H2,1-3H3. The fraction of sp³-hybridized carbons (Fsp3) is 0.172. The van der Waals surface area contributed by atoms with Crippen LogP contribution < -0.4 is 0 Å². The highest BCUT2D eigenvalue weighted by Gasteiger charge is 2.19. The van der Waals surface area contributed by atoms with Gasteiger partial charge in [0.25, 0.3) is 5.91 Å². The maximum absolute atomic E-state index is 13.4. The first-order valence-corrected chi connectivity index (χ1v) is 12.5. The summed E-state index contributed by atoms with van der Waals surface area (Å²) in [5.74, 6) is -0.166. The zero-order valence-corrected chi connectivity index (χ0v) is 21.8. The van der Waals surface area contributed by atoms with E-state index in [2.05, 4.69) is 40.0 Å². The number of pyridine rings is 1. The number of halogens is 1. The van der Waals surface area contributed by atoms with E-state index in [1.807, 2.05) is 78.2 Å². The van der Waals surface area contributed by atoms with Gasteiger partial charge in [-0.25, -0.2) is 4.98 Å². The number of amides is 1. The average molecular weight is 541 g/mol. The predicted octanol–water partition coefficient (Wildman–Crippen LogP) is 8.21. The highest BCUT2D eigenvalue weighted by Crippen LogP contribution is 2.39. The Morgan fingerprint density at radius 3 is 2.53 bits per heavy atom. The van der Waals surface area contributed by atoms with Crippen LogP contribution in [0.25, 0.3) is 33.1 Å². The molecule has 2 heterocycles.